The van der Waals surface area contributed by atoms with Gasteiger partial charge in [-0.15, -0.1) is 10.2 Å². The summed E-state index contributed by atoms with van der Waals surface area (Å²) in [7, 11) is 0. The SMILES string of the molecule is Cc1cccc(CSc2nnc(NC(=O)C3CCC3)s2)c1. The van der Waals surface area contributed by atoms with Gasteiger partial charge in [-0.2, -0.15) is 0 Å². The molecule has 3 rings (SSSR count). The normalized spacial score (nSPS) is 14.7. The number of thioether (sulfide) groups is 1. The average Bonchev–Trinajstić information content (AvgIpc) is 2.82. The van der Waals surface area contributed by atoms with Crippen LogP contribution in [0.5, 0.6) is 0 Å². The molecule has 1 saturated carbocycles. The molecule has 1 heterocycles. The summed E-state index contributed by atoms with van der Waals surface area (Å²) >= 11 is 3.10. The van der Waals surface area contributed by atoms with Crippen molar-refractivity contribution in [2.75, 3.05) is 5.32 Å². The fraction of sp³-hybridized carbons (Fsp3) is 0.400. The van der Waals surface area contributed by atoms with Gasteiger partial charge in [-0.3, -0.25) is 4.79 Å². The zero-order chi connectivity index (χ0) is 14.7. The van der Waals surface area contributed by atoms with Gasteiger partial charge in [-0.05, 0) is 25.3 Å². The minimum Gasteiger partial charge on any atom is -0.300 e. The van der Waals surface area contributed by atoms with Crippen molar-refractivity contribution in [1.29, 1.82) is 0 Å². The molecule has 0 spiro atoms. The topological polar surface area (TPSA) is 54.9 Å². The molecule has 1 aromatic carbocycles. The molecule has 0 bridgehead atoms. The van der Waals surface area contributed by atoms with E-state index in [-0.39, 0.29) is 11.8 Å². The number of benzene rings is 1. The highest BCUT2D eigenvalue weighted by Gasteiger charge is 2.25. The number of amides is 1. The van der Waals surface area contributed by atoms with Crippen LogP contribution in [0, 0.1) is 12.8 Å². The van der Waals surface area contributed by atoms with Crippen LogP contribution in [0.25, 0.3) is 0 Å². The van der Waals surface area contributed by atoms with Crippen LogP contribution >= 0.6 is 23.1 Å². The van der Waals surface area contributed by atoms with Crippen molar-refractivity contribution in [3.05, 3.63) is 35.4 Å². The summed E-state index contributed by atoms with van der Waals surface area (Å²) in [5.74, 6) is 1.14. The van der Waals surface area contributed by atoms with Crippen molar-refractivity contribution in [3.63, 3.8) is 0 Å². The van der Waals surface area contributed by atoms with Crippen molar-refractivity contribution in [2.24, 2.45) is 5.92 Å². The van der Waals surface area contributed by atoms with Crippen molar-refractivity contribution >= 4 is 34.1 Å². The van der Waals surface area contributed by atoms with Crippen LogP contribution in [-0.2, 0) is 10.5 Å². The molecule has 1 aliphatic rings. The maximum atomic E-state index is 11.8. The van der Waals surface area contributed by atoms with Crippen LogP contribution in [0.15, 0.2) is 28.6 Å². The summed E-state index contributed by atoms with van der Waals surface area (Å²) in [6.07, 6.45) is 3.16. The lowest BCUT2D eigenvalue weighted by Gasteiger charge is -2.23. The first-order valence-corrected chi connectivity index (χ1v) is 8.83. The monoisotopic (exact) mass is 319 g/mol. The number of anilines is 1. The van der Waals surface area contributed by atoms with E-state index < -0.39 is 0 Å². The third-order valence-electron chi connectivity index (χ3n) is 3.56. The molecule has 0 aliphatic heterocycles. The van der Waals surface area contributed by atoms with Gasteiger partial charge in [-0.25, -0.2) is 0 Å². The first kappa shape index (κ1) is 14.5. The first-order chi connectivity index (χ1) is 10.2. The van der Waals surface area contributed by atoms with Crippen LogP contribution in [0.3, 0.4) is 0 Å². The Balaban J connectivity index is 1.53. The van der Waals surface area contributed by atoms with Gasteiger partial charge in [0.2, 0.25) is 11.0 Å². The van der Waals surface area contributed by atoms with E-state index in [1.54, 1.807) is 11.8 Å². The molecule has 2 aromatic rings. The van der Waals surface area contributed by atoms with E-state index in [1.807, 2.05) is 0 Å². The van der Waals surface area contributed by atoms with Crippen LogP contribution in [0.1, 0.15) is 30.4 Å². The third-order valence-corrected chi connectivity index (χ3v) is 5.60. The van der Waals surface area contributed by atoms with Crippen molar-refractivity contribution in [3.8, 4) is 0 Å². The maximum absolute atomic E-state index is 11.8. The number of hydrogen-bond donors (Lipinski definition) is 1. The summed E-state index contributed by atoms with van der Waals surface area (Å²) in [6.45, 7) is 2.09. The Hall–Kier alpha value is -1.40. The Bertz CT molecular complexity index is 637. The molecule has 0 radical (unpaired) electrons. The quantitative estimate of drug-likeness (QED) is 0.671. The maximum Gasteiger partial charge on any atom is 0.229 e. The summed E-state index contributed by atoms with van der Waals surface area (Å²) in [4.78, 5) is 11.8. The highest BCUT2D eigenvalue weighted by molar-refractivity contribution is 8.00. The largest absolute Gasteiger partial charge is 0.300 e. The van der Waals surface area contributed by atoms with Crippen LogP contribution in [-0.4, -0.2) is 16.1 Å². The van der Waals surface area contributed by atoms with Crippen molar-refractivity contribution in [2.45, 2.75) is 36.3 Å². The predicted molar refractivity (Wildman–Crippen MR) is 86.6 cm³/mol. The van der Waals surface area contributed by atoms with E-state index >= 15 is 0 Å². The third kappa shape index (κ3) is 3.83. The summed E-state index contributed by atoms with van der Waals surface area (Å²) < 4.78 is 0.889. The molecule has 1 aliphatic carbocycles. The number of carbonyl (C=O) groups excluding carboxylic acids is 1. The van der Waals surface area contributed by atoms with Crippen molar-refractivity contribution in [1.82, 2.24) is 10.2 Å². The number of aromatic nitrogens is 2. The number of nitrogens with one attached hydrogen (secondary N) is 1. The molecular formula is C15H17N3OS2. The van der Waals surface area contributed by atoms with Gasteiger partial charge in [-0.1, -0.05) is 59.3 Å². The number of rotatable bonds is 5. The second-order valence-electron chi connectivity index (χ2n) is 5.27. The predicted octanol–water partition coefficient (Wildman–Crippen LogP) is 3.88. The van der Waals surface area contributed by atoms with Gasteiger partial charge in [0.1, 0.15) is 0 Å². The molecule has 0 saturated heterocycles. The van der Waals surface area contributed by atoms with E-state index in [2.05, 4.69) is 46.7 Å². The fourth-order valence-electron chi connectivity index (χ4n) is 2.14. The lowest BCUT2D eigenvalue weighted by atomic mass is 9.85. The van der Waals surface area contributed by atoms with E-state index in [9.17, 15) is 4.79 Å². The zero-order valence-corrected chi connectivity index (χ0v) is 13.5. The van der Waals surface area contributed by atoms with E-state index in [0.717, 1.165) is 29.4 Å². The highest BCUT2D eigenvalue weighted by atomic mass is 32.2. The Morgan fingerprint density at radius 3 is 3.00 bits per heavy atom. The van der Waals surface area contributed by atoms with Gasteiger partial charge >= 0.3 is 0 Å². The average molecular weight is 319 g/mol. The summed E-state index contributed by atoms with van der Waals surface area (Å²) in [5.41, 5.74) is 2.54. The number of carbonyl (C=O) groups is 1. The number of aryl methyl sites for hydroxylation is 1. The second kappa shape index (κ2) is 6.58. The van der Waals surface area contributed by atoms with Crippen molar-refractivity contribution < 1.29 is 4.79 Å². The van der Waals surface area contributed by atoms with Crippen LogP contribution < -0.4 is 5.32 Å². The van der Waals surface area contributed by atoms with E-state index in [1.165, 1.54) is 22.5 Å². The Morgan fingerprint density at radius 2 is 2.29 bits per heavy atom. The zero-order valence-electron chi connectivity index (χ0n) is 11.8. The minimum absolute atomic E-state index is 0.0904. The molecule has 21 heavy (non-hydrogen) atoms. The van der Waals surface area contributed by atoms with E-state index in [0.29, 0.717) is 5.13 Å². The molecule has 110 valence electrons. The molecule has 1 aromatic heterocycles. The van der Waals surface area contributed by atoms with Gasteiger partial charge in [0.05, 0.1) is 0 Å². The highest BCUT2D eigenvalue weighted by Crippen LogP contribution is 2.31. The Morgan fingerprint density at radius 1 is 1.43 bits per heavy atom. The van der Waals surface area contributed by atoms with Gasteiger partial charge in [0, 0.05) is 11.7 Å². The first-order valence-electron chi connectivity index (χ1n) is 7.03. The summed E-state index contributed by atoms with van der Waals surface area (Å²) in [6, 6.07) is 8.44. The number of nitrogens with zero attached hydrogens (tertiary/aromatic N) is 2. The molecule has 1 fully saturated rings. The van der Waals surface area contributed by atoms with Gasteiger partial charge < -0.3 is 5.32 Å². The molecule has 1 N–H and O–H groups in total. The van der Waals surface area contributed by atoms with Gasteiger partial charge in [0.15, 0.2) is 4.34 Å². The number of hydrogen-bond acceptors (Lipinski definition) is 5. The van der Waals surface area contributed by atoms with E-state index in [4.69, 9.17) is 0 Å². The molecule has 0 atom stereocenters. The lowest BCUT2D eigenvalue weighted by Crippen LogP contribution is -2.27. The fourth-order valence-corrected chi connectivity index (χ4v) is 3.84. The molecule has 0 unspecified atom stereocenters. The smallest absolute Gasteiger partial charge is 0.229 e. The second-order valence-corrected chi connectivity index (χ2v) is 7.47. The standard InChI is InChI=1S/C15H17N3OS2/c1-10-4-2-5-11(8-10)9-20-15-18-17-14(21-15)16-13(19)12-6-3-7-12/h2,4-5,8,12H,3,6-7,9H2,1H3,(H,16,17,19). The van der Waals surface area contributed by atoms with Gasteiger partial charge in [0.25, 0.3) is 0 Å². The molecule has 1 amide bonds. The lowest BCUT2D eigenvalue weighted by molar-refractivity contribution is -0.122. The Labute approximate surface area is 132 Å². The Kier molecular flexibility index (Phi) is 4.55. The molecule has 6 heteroatoms. The summed E-state index contributed by atoms with van der Waals surface area (Å²) in [5, 5.41) is 11.6. The van der Waals surface area contributed by atoms with Crippen LogP contribution in [0.2, 0.25) is 0 Å². The molecular weight excluding hydrogens is 302 g/mol. The van der Waals surface area contributed by atoms with Crippen LogP contribution in [0.4, 0.5) is 5.13 Å². The molecule has 4 nitrogen and oxygen atoms in total. The minimum atomic E-state index is 0.0904.